The van der Waals surface area contributed by atoms with Gasteiger partial charge in [0.1, 0.15) is 0 Å². The van der Waals surface area contributed by atoms with Crippen molar-refractivity contribution in [3.05, 3.63) is 27.5 Å². The number of nitrogens with one attached hydrogen (secondary N) is 1. The van der Waals surface area contributed by atoms with Gasteiger partial charge in [-0.2, -0.15) is 0 Å². The lowest BCUT2D eigenvalue weighted by Crippen LogP contribution is -2.24. The van der Waals surface area contributed by atoms with E-state index < -0.39 is 0 Å². The van der Waals surface area contributed by atoms with Crippen molar-refractivity contribution >= 4 is 11.3 Å². The first-order chi connectivity index (χ1) is 9.17. The van der Waals surface area contributed by atoms with Crippen molar-refractivity contribution in [3.8, 4) is 0 Å². The molecule has 0 aromatic carbocycles. The molecule has 2 aromatic heterocycles. The number of thiazole rings is 1. The molecule has 0 bridgehead atoms. The van der Waals surface area contributed by atoms with Gasteiger partial charge in [0, 0.05) is 6.54 Å². The molecule has 2 heterocycles. The Hall–Kier alpha value is -1.27. The highest BCUT2D eigenvalue weighted by Gasteiger charge is 2.22. The molecular weight excluding hydrogens is 258 g/mol. The smallest absolute Gasteiger partial charge is 0.0900 e. The summed E-state index contributed by atoms with van der Waals surface area (Å²) in [6.45, 7) is 10.2. The van der Waals surface area contributed by atoms with E-state index in [4.69, 9.17) is 0 Å². The van der Waals surface area contributed by atoms with Gasteiger partial charge < -0.3 is 5.32 Å². The molecule has 0 radical (unpaired) electrons. The van der Waals surface area contributed by atoms with Gasteiger partial charge in [0.25, 0.3) is 0 Å². The maximum absolute atomic E-state index is 4.53. The third-order valence-electron chi connectivity index (χ3n) is 2.99. The van der Waals surface area contributed by atoms with E-state index in [-0.39, 0.29) is 6.04 Å². The second kappa shape index (κ2) is 6.25. The number of nitrogens with zero attached hydrogens (tertiary/aromatic N) is 4. The summed E-state index contributed by atoms with van der Waals surface area (Å²) in [7, 11) is 0. The number of aromatic nitrogens is 4. The van der Waals surface area contributed by atoms with Gasteiger partial charge in [0.15, 0.2) is 0 Å². The van der Waals surface area contributed by atoms with Crippen LogP contribution < -0.4 is 5.32 Å². The average Bonchev–Trinajstić information content (AvgIpc) is 2.94. The van der Waals surface area contributed by atoms with E-state index in [1.165, 1.54) is 4.88 Å². The fourth-order valence-electron chi connectivity index (χ4n) is 2.23. The van der Waals surface area contributed by atoms with E-state index in [0.717, 1.165) is 35.9 Å². The standard InChI is InChI=1S/C13H21N5S/c1-5-7-18-11(8-15-17-18)12(14-6-2)13-9(3)16-10(4)19-13/h8,12,14H,5-7H2,1-4H3. The summed E-state index contributed by atoms with van der Waals surface area (Å²) in [5, 5.41) is 12.9. The first kappa shape index (κ1) is 14.1. The van der Waals surface area contributed by atoms with Crippen LogP contribution in [-0.2, 0) is 6.54 Å². The Kier molecular flexibility index (Phi) is 4.66. The lowest BCUT2D eigenvalue weighted by atomic mass is 10.1. The summed E-state index contributed by atoms with van der Waals surface area (Å²) >= 11 is 1.74. The van der Waals surface area contributed by atoms with Gasteiger partial charge in [-0.05, 0) is 26.8 Å². The first-order valence-electron chi connectivity index (χ1n) is 6.73. The number of hydrogen-bond acceptors (Lipinski definition) is 5. The summed E-state index contributed by atoms with van der Waals surface area (Å²) in [5.41, 5.74) is 2.22. The van der Waals surface area contributed by atoms with Crippen molar-refractivity contribution in [1.29, 1.82) is 0 Å². The molecule has 0 spiro atoms. The Morgan fingerprint density at radius 3 is 2.74 bits per heavy atom. The highest BCUT2D eigenvalue weighted by atomic mass is 32.1. The molecule has 104 valence electrons. The van der Waals surface area contributed by atoms with Crippen LogP contribution in [0.3, 0.4) is 0 Å². The van der Waals surface area contributed by atoms with Crippen molar-refractivity contribution in [3.63, 3.8) is 0 Å². The lowest BCUT2D eigenvalue weighted by Gasteiger charge is -2.17. The van der Waals surface area contributed by atoms with Crippen LogP contribution in [0.2, 0.25) is 0 Å². The minimum absolute atomic E-state index is 0.137. The molecule has 0 amide bonds. The molecule has 5 nitrogen and oxygen atoms in total. The third kappa shape index (κ3) is 3.01. The predicted octanol–water partition coefficient (Wildman–Crippen LogP) is 2.46. The van der Waals surface area contributed by atoms with Crippen LogP contribution in [0.5, 0.6) is 0 Å². The fraction of sp³-hybridized carbons (Fsp3) is 0.615. The Morgan fingerprint density at radius 1 is 1.37 bits per heavy atom. The summed E-state index contributed by atoms with van der Waals surface area (Å²) in [4.78, 5) is 5.79. The van der Waals surface area contributed by atoms with E-state index in [2.05, 4.69) is 41.4 Å². The van der Waals surface area contributed by atoms with E-state index in [1.54, 1.807) is 11.3 Å². The average molecular weight is 279 g/mol. The minimum atomic E-state index is 0.137. The van der Waals surface area contributed by atoms with Gasteiger partial charge in [-0.15, -0.1) is 16.4 Å². The van der Waals surface area contributed by atoms with Crippen LogP contribution in [0.25, 0.3) is 0 Å². The molecule has 0 saturated carbocycles. The van der Waals surface area contributed by atoms with E-state index in [0.29, 0.717) is 0 Å². The zero-order chi connectivity index (χ0) is 13.8. The number of aryl methyl sites for hydroxylation is 3. The monoisotopic (exact) mass is 279 g/mol. The van der Waals surface area contributed by atoms with Crippen LogP contribution in [0.15, 0.2) is 6.20 Å². The van der Waals surface area contributed by atoms with Gasteiger partial charge in [0.2, 0.25) is 0 Å². The highest BCUT2D eigenvalue weighted by molar-refractivity contribution is 7.11. The maximum atomic E-state index is 4.53. The SMILES string of the molecule is CCCn1nncc1C(NCC)c1sc(C)nc1C. The molecule has 2 aromatic rings. The van der Waals surface area contributed by atoms with Gasteiger partial charge in [0.05, 0.1) is 33.5 Å². The van der Waals surface area contributed by atoms with Crippen LogP contribution in [0.4, 0.5) is 0 Å². The van der Waals surface area contributed by atoms with Gasteiger partial charge in [-0.1, -0.05) is 19.1 Å². The van der Waals surface area contributed by atoms with E-state index >= 15 is 0 Å². The molecule has 0 fully saturated rings. The van der Waals surface area contributed by atoms with Crippen molar-refractivity contribution in [2.75, 3.05) is 6.54 Å². The summed E-state index contributed by atoms with van der Waals surface area (Å²) in [6.07, 6.45) is 2.91. The minimum Gasteiger partial charge on any atom is -0.304 e. The summed E-state index contributed by atoms with van der Waals surface area (Å²) < 4.78 is 1.99. The van der Waals surface area contributed by atoms with Gasteiger partial charge in [-0.3, -0.25) is 0 Å². The van der Waals surface area contributed by atoms with Crippen molar-refractivity contribution < 1.29 is 0 Å². The lowest BCUT2D eigenvalue weighted by molar-refractivity contribution is 0.513. The molecule has 0 saturated heterocycles. The van der Waals surface area contributed by atoms with Gasteiger partial charge >= 0.3 is 0 Å². The molecule has 2 rings (SSSR count). The molecule has 0 aliphatic heterocycles. The molecule has 1 unspecified atom stereocenters. The quantitative estimate of drug-likeness (QED) is 0.882. The zero-order valence-corrected chi connectivity index (χ0v) is 12.8. The topological polar surface area (TPSA) is 55.6 Å². The Bertz CT molecular complexity index is 531. The second-order valence-electron chi connectivity index (χ2n) is 4.56. The Morgan fingerprint density at radius 2 is 2.16 bits per heavy atom. The molecule has 6 heteroatoms. The fourth-order valence-corrected chi connectivity index (χ4v) is 3.24. The van der Waals surface area contributed by atoms with E-state index in [9.17, 15) is 0 Å². The highest BCUT2D eigenvalue weighted by Crippen LogP contribution is 2.29. The third-order valence-corrected chi connectivity index (χ3v) is 4.13. The molecule has 1 atom stereocenters. The van der Waals surface area contributed by atoms with Crippen LogP contribution in [-0.4, -0.2) is 26.5 Å². The predicted molar refractivity (Wildman–Crippen MR) is 77.4 cm³/mol. The maximum Gasteiger partial charge on any atom is 0.0900 e. The second-order valence-corrected chi connectivity index (χ2v) is 5.79. The zero-order valence-electron chi connectivity index (χ0n) is 12.0. The Balaban J connectivity index is 2.39. The van der Waals surface area contributed by atoms with Crippen molar-refractivity contribution in [2.45, 2.75) is 46.7 Å². The molecular formula is C13H21N5S. The van der Waals surface area contributed by atoms with E-state index in [1.807, 2.05) is 17.8 Å². The van der Waals surface area contributed by atoms with Crippen LogP contribution >= 0.6 is 11.3 Å². The van der Waals surface area contributed by atoms with Crippen LogP contribution in [0, 0.1) is 13.8 Å². The summed E-state index contributed by atoms with van der Waals surface area (Å²) in [6, 6.07) is 0.137. The summed E-state index contributed by atoms with van der Waals surface area (Å²) in [5.74, 6) is 0. The molecule has 0 aliphatic carbocycles. The number of rotatable bonds is 6. The van der Waals surface area contributed by atoms with Crippen molar-refractivity contribution in [2.24, 2.45) is 0 Å². The van der Waals surface area contributed by atoms with Crippen LogP contribution in [0.1, 0.15) is 47.6 Å². The normalized spacial score (nSPS) is 12.8. The molecule has 0 aliphatic rings. The van der Waals surface area contributed by atoms with Crippen molar-refractivity contribution in [1.82, 2.24) is 25.3 Å². The van der Waals surface area contributed by atoms with Gasteiger partial charge in [-0.25, -0.2) is 9.67 Å². The molecule has 1 N–H and O–H groups in total. The number of hydrogen-bond donors (Lipinski definition) is 1. The first-order valence-corrected chi connectivity index (χ1v) is 7.54. The molecule has 19 heavy (non-hydrogen) atoms. The Labute approximate surface area is 118 Å². The largest absolute Gasteiger partial charge is 0.304 e.